The first-order valence-corrected chi connectivity index (χ1v) is 7.65. The van der Waals surface area contributed by atoms with Gasteiger partial charge in [0, 0.05) is 31.1 Å². The van der Waals surface area contributed by atoms with Gasteiger partial charge in [0.25, 0.3) is 0 Å². The fourth-order valence-corrected chi connectivity index (χ4v) is 4.44. The van der Waals surface area contributed by atoms with Gasteiger partial charge in [-0.05, 0) is 25.7 Å². The number of amides is 1. The Morgan fingerprint density at radius 1 is 1.35 bits per heavy atom. The number of hydrogen-bond donors (Lipinski definition) is 2. The van der Waals surface area contributed by atoms with Crippen molar-refractivity contribution in [2.75, 3.05) is 13.7 Å². The Morgan fingerprint density at radius 2 is 2.10 bits per heavy atom. The maximum atomic E-state index is 12.7. The third-order valence-corrected chi connectivity index (χ3v) is 5.88. The minimum atomic E-state index is -0.792. The molecule has 0 aromatic rings. The molecule has 1 amide bonds. The summed E-state index contributed by atoms with van der Waals surface area (Å²) >= 11 is 0. The van der Waals surface area contributed by atoms with E-state index in [-0.39, 0.29) is 35.5 Å². The Balaban J connectivity index is 1.68. The summed E-state index contributed by atoms with van der Waals surface area (Å²) in [6.45, 7) is 4.82. The van der Waals surface area contributed by atoms with Crippen LogP contribution >= 0.6 is 0 Å². The molecule has 2 aliphatic carbocycles. The van der Waals surface area contributed by atoms with E-state index in [1.54, 1.807) is 7.11 Å². The van der Waals surface area contributed by atoms with Crippen LogP contribution < -0.4 is 11.1 Å². The molecule has 114 valence electrons. The minimum Gasteiger partial charge on any atom is -0.381 e. The predicted octanol–water partition coefficient (Wildman–Crippen LogP) is 0.813. The molecule has 20 heavy (non-hydrogen) atoms. The molecule has 1 aliphatic heterocycles. The van der Waals surface area contributed by atoms with Gasteiger partial charge in [-0.1, -0.05) is 13.8 Å². The Bertz CT molecular complexity index is 412. The van der Waals surface area contributed by atoms with Crippen molar-refractivity contribution in [2.24, 2.45) is 17.1 Å². The zero-order chi connectivity index (χ0) is 14.5. The topological polar surface area (TPSA) is 73.6 Å². The van der Waals surface area contributed by atoms with Gasteiger partial charge < -0.3 is 20.5 Å². The molecule has 5 unspecified atom stereocenters. The van der Waals surface area contributed by atoms with E-state index >= 15 is 0 Å². The Kier molecular flexibility index (Phi) is 3.35. The van der Waals surface area contributed by atoms with Crippen molar-refractivity contribution >= 4 is 5.91 Å². The molecule has 1 heterocycles. The van der Waals surface area contributed by atoms with Gasteiger partial charge in [-0.25, -0.2) is 0 Å². The highest BCUT2D eigenvalue weighted by atomic mass is 16.5. The van der Waals surface area contributed by atoms with Crippen molar-refractivity contribution in [3.8, 4) is 0 Å². The van der Waals surface area contributed by atoms with E-state index in [2.05, 4.69) is 5.32 Å². The van der Waals surface area contributed by atoms with Crippen LogP contribution in [0.1, 0.15) is 39.5 Å². The van der Waals surface area contributed by atoms with Crippen LogP contribution in [0, 0.1) is 11.3 Å². The van der Waals surface area contributed by atoms with E-state index in [1.165, 1.54) is 0 Å². The minimum absolute atomic E-state index is 0.00370. The number of ether oxygens (including phenoxy) is 2. The van der Waals surface area contributed by atoms with Crippen molar-refractivity contribution < 1.29 is 14.3 Å². The highest BCUT2D eigenvalue weighted by molar-refractivity contribution is 5.89. The molecular formula is C15H26N2O3. The summed E-state index contributed by atoms with van der Waals surface area (Å²) in [5.74, 6) is 0.160. The normalized spacial score (nSPS) is 45.8. The third kappa shape index (κ3) is 1.76. The Morgan fingerprint density at radius 3 is 2.75 bits per heavy atom. The summed E-state index contributed by atoms with van der Waals surface area (Å²) < 4.78 is 11.1. The van der Waals surface area contributed by atoms with Crippen molar-refractivity contribution in [3.63, 3.8) is 0 Å². The molecular weight excluding hydrogens is 256 g/mol. The van der Waals surface area contributed by atoms with Gasteiger partial charge >= 0.3 is 0 Å². The highest BCUT2D eigenvalue weighted by Crippen LogP contribution is 2.58. The SMILES string of the molecule is COC1CCC(NC(=O)C2(N)C3CCOC3C2(C)C)C1. The van der Waals surface area contributed by atoms with Gasteiger partial charge in [-0.3, -0.25) is 4.79 Å². The Labute approximate surface area is 120 Å². The molecule has 5 heteroatoms. The predicted molar refractivity (Wildman–Crippen MR) is 75.1 cm³/mol. The van der Waals surface area contributed by atoms with Gasteiger partial charge in [0.1, 0.15) is 5.54 Å². The van der Waals surface area contributed by atoms with Crippen LogP contribution in [0.2, 0.25) is 0 Å². The zero-order valence-corrected chi connectivity index (χ0v) is 12.6. The molecule has 1 saturated heterocycles. The number of fused-ring (bicyclic) bond motifs is 1. The van der Waals surface area contributed by atoms with Crippen LogP contribution in [0.5, 0.6) is 0 Å². The van der Waals surface area contributed by atoms with Gasteiger partial charge in [-0.15, -0.1) is 0 Å². The molecule has 0 bridgehead atoms. The number of hydrogen-bond acceptors (Lipinski definition) is 4. The second kappa shape index (κ2) is 4.68. The lowest BCUT2D eigenvalue weighted by Gasteiger charge is -2.60. The molecule has 0 radical (unpaired) electrons. The number of nitrogens with two attached hydrogens (primary N) is 1. The van der Waals surface area contributed by atoms with Gasteiger partial charge in [-0.2, -0.15) is 0 Å². The van der Waals surface area contributed by atoms with Gasteiger partial charge in [0.15, 0.2) is 0 Å². The number of nitrogens with one attached hydrogen (secondary N) is 1. The molecule has 5 atom stereocenters. The highest BCUT2D eigenvalue weighted by Gasteiger charge is 2.71. The first-order valence-electron chi connectivity index (χ1n) is 7.65. The van der Waals surface area contributed by atoms with E-state index in [0.717, 1.165) is 32.3 Å². The van der Waals surface area contributed by atoms with Crippen LogP contribution in [0.4, 0.5) is 0 Å². The molecule has 3 aliphatic rings. The largest absolute Gasteiger partial charge is 0.381 e. The molecule has 0 aromatic carbocycles. The molecule has 5 nitrogen and oxygen atoms in total. The van der Waals surface area contributed by atoms with E-state index in [9.17, 15) is 4.79 Å². The Hall–Kier alpha value is -0.650. The van der Waals surface area contributed by atoms with Gasteiger partial charge in [0.05, 0.1) is 12.2 Å². The van der Waals surface area contributed by atoms with Crippen LogP contribution in [-0.2, 0) is 14.3 Å². The molecule has 3 rings (SSSR count). The summed E-state index contributed by atoms with van der Waals surface area (Å²) in [6, 6.07) is 0.199. The molecule has 3 fully saturated rings. The van der Waals surface area contributed by atoms with Crippen LogP contribution in [0.15, 0.2) is 0 Å². The van der Waals surface area contributed by atoms with E-state index in [0.29, 0.717) is 0 Å². The molecule has 0 spiro atoms. The van der Waals surface area contributed by atoms with Crippen LogP contribution in [0.3, 0.4) is 0 Å². The van der Waals surface area contributed by atoms with E-state index in [1.807, 2.05) is 13.8 Å². The number of carbonyl (C=O) groups is 1. The maximum Gasteiger partial charge on any atom is 0.241 e. The molecule has 3 N–H and O–H groups in total. The number of methoxy groups -OCH3 is 1. The van der Waals surface area contributed by atoms with Gasteiger partial charge in [0.2, 0.25) is 5.91 Å². The summed E-state index contributed by atoms with van der Waals surface area (Å²) in [5.41, 5.74) is 5.44. The van der Waals surface area contributed by atoms with Crippen LogP contribution in [-0.4, -0.2) is 43.4 Å². The fourth-order valence-electron chi connectivity index (χ4n) is 4.44. The second-order valence-corrected chi connectivity index (χ2v) is 7.12. The summed E-state index contributed by atoms with van der Waals surface area (Å²) in [4.78, 5) is 12.7. The van der Waals surface area contributed by atoms with Crippen molar-refractivity contribution in [3.05, 3.63) is 0 Å². The zero-order valence-electron chi connectivity index (χ0n) is 12.6. The number of carbonyl (C=O) groups excluding carboxylic acids is 1. The third-order valence-electron chi connectivity index (χ3n) is 5.88. The monoisotopic (exact) mass is 282 g/mol. The fraction of sp³-hybridized carbons (Fsp3) is 0.933. The first kappa shape index (κ1) is 14.3. The summed E-state index contributed by atoms with van der Waals surface area (Å²) in [7, 11) is 1.73. The number of rotatable bonds is 3. The van der Waals surface area contributed by atoms with Crippen molar-refractivity contribution in [2.45, 2.75) is 63.3 Å². The first-order chi connectivity index (χ1) is 9.41. The van der Waals surface area contributed by atoms with E-state index < -0.39 is 5.54 Å². The van der Waals surface area contributed by atoms with E-state index in [4.69, 9.17) is 15.2 Å². The smallest absolute Gasteiger partial charge is 0.241 e. The lowest BCUT2D eigenvalue weighted by atomic mass is 9.48. The maximum absolute atomic E-state index is 12.7. The van der Waals surface area contributed by atoms with Crippen molar-refractivity contribution in [1.29, 1.82) is 0 Å². The summed E-state index contributed by atoms with van der Waals surface area (Å²) in [5, 5.41) is 3.15. The molecule has 0 aromatic heterocycles. The standard InChI is InChI=1S/C15H26N2O3/c1-14(2)12-11(6-7-20-12)15(14,16)13(18)17-9-4-5-10(8-9)19-3/h9-12H,4-8,16H2,1-3H3,(H,17,18). The quantitative estimate of drug-likeness (QED) is 0.803. The lowest BCUT2D eigenvalue weighted by molar-refractivity contribution is -0.176. The lowest BCUT2D eigenvalue weighted by Crippen LogP contribution is -2.80. The average Bonchev–Trinajstić information content (AvgIpc) is 3.05. The van der Waals surface area contributed by atoms with Crippen molar-refractivity contribution in [1.82, 2.24) is 5.32 Å². The second-order valence-electron chi connectivity index (χ2n) is 7.12. The summed E-state index contributed by atoms with van der Waals surface area (Å²) in [6.07, 6.45) is 4.18. The molecule has 2 saturated carbocycles. The van der Waals surface area contributed by atoms with Crippen LogP contribution in [0.25, 0.3) is 0 Å². The average molecular weight is 282 g/mol.